The van der Waals surface area contributed by atoms with Crippen molar-refractivity contribution in [2.24, 2.45) is 5.92 Å². The fraction of sp³-hybridized carbons (Fsp3) is 0.381. The van der Waals surface area contributed by atoms with E-state index >= 15 is 0 Å². The molecule has 2 amide bonds. The van der Waals surface area contributed by atoms with Gasteiger partial charge in [-0.25, -0.2) is 4.79 Å². The van der Waals surface area contributed by atoms with Crippen LogP contribution < -0.4 is 20.1 Å². The average Bonchev–Trinajstić information content (AvgIpc) is 2.71. The number of hydrogen-bond donors (Lipinski definition) is 2. The molecule has 162 valence electrons. The van der Waals surface area contributed by atoms with Crippen molar-refractivity contribution in [1.82, 2.24) is 10.6 Å². The van der Waals surface area contributed by atoms with Crippen molar-refractivity contribution in [3.8, 4) is 11.5 Å². The summed E-state index contributed by atoms with van der Waals surface area (Å²) in [5.41, 5.74) is 1.30. The van der Waals surface area contributed by atoms with Crippen molar-refractivity contribution in [1.29, 1.82) is 0 Å². The Hall–Kier alpha value is -3.00. The number of rotatable bonds is 9. The third-order valence-corrected chi connectivity index (χ3v) is 4.90. The number of urea groups is 1. The van der Waals surface area contributed by atoms with E-state index in [4.69, 9.17) is 21.1 Å². The summed E-state index contributed by atoms with van der Waals surface area (Å²) in [6.07, 6.45) is 0.261. The SMILES string of the molecule is COc1cc(CCNC(=O)NC(c2ccc(Cl)cc2)C(C)C)c([N+](=O)[O-])cc1OC. The van der Waals surface area contributed by atoms with Gasteiger partial charge < -0.3 is 20.1 Å². The fourth-order valence-corrected chi connectivity index (χ4v) is 3.21. The molecule has 2 N–H and O–H groups in total. The summed E-state index contributed by atoms with van der Waals surface area (Å²) < 4.78 is 10.3. The van der Waals surface area contributed by atoms with Gasteiger partial charge in [-0.1, -0.05) is 37.6 Å². The lowest BCUT2D eigenvalue weighted by Gasteiger charge is -2.23. The van der Waals surface area contributed by atoms with Gasteiger partial charge in [-0.15, -0.1) is 0 Å². The van der Waals surface area contributed by atoms with Crippen LogP contribution in [0.25, 0.3) is 0 Å². The minimum atomic E-state index is -0.479. The van der Waals surface area contributed by atoms with Crippen molar-refractivity contribution >= 4 is 23.3 Å². The van der Waals surface area contributed by atoms with Gasteiger partial charge in [0.2, 0.25) is 0 Å². The number of nitrogens with zero attached hydrogens (tertiary/aromatic N) is 1. The Morgan fingerprint density at radius 1 is 1.13 bits per heavy atom. The first-order valence-electron chi connectivity index (χ1n) is 9.46. The van der Waals surface area contributed by atoms with Crippen molar-refractivity contribution < 1.29 is 19.2 Å². The Morgan fingerprint density at radius 2 is 1.73 bits per heavy atom. The molecule has 0 aliphatic carbocycles. The van der Waals surface area contributed by atoms with E-state index < -0.39 is 4.92 Å². The zero-order chi connectivity index (χ0) is 22.3. The van der Waals surface area contributed by atoms with Crippen LogP contribution in [-0.4, -0.2) is 31.7 Å². The van der Waals surface area contributed by atoms with Gasteiger partial charge in [-0.2, -0.15) is 0 Å². The van der Waals surface area contributed by atoms with E-state index in [-0.39, 0.29) is 42.4 Å². The molecule has 0 aromatic heterocycles. The first-order valence-corrected chi connectivity index (χ1v) is 9.83. The van der Waals surface area contributed by atoms with Crippen LogP contribution in [0, 0.1) is 16.0 Å². The van der Waals surface area contributed by atoms with Gasteiger partial charge >= 0.3 is 6.03 Å². The minimum absolute atomic E-state index is 0.0870. The fourth-order valence-electron chi connectivity index (χ4n) is 3.09. The van der Waals surface area contributed by atoms with E-state index in [0.717, 1.165) is 5.56 Å². The first kappa shape index (κ1) is 23.3. The van der Waals surface area contributed by atoms with Gasteiger partial charge in [0.1, 0.15) is 0 Å². The number of methoxy groups -OCH3 is 2. The predicted octanol–water partition coefficient (Wildman–Crippen LogP) is 4.50. The summed E-state index contributed by atoms with van der Waals surface area (Å²) in [7, 11) is 2.88. The van der Waals surface area contributed by atoms with Gasteiger partial charge in [-0.3, -0.25) is 10.1 Å². The maximum atomic E-state index is 12.4. The first-order chi connectivity index (χ1) is 14.3. The largest absolute Gasteiger partial charge is 0.493 e. The highest BCUT2D eigenvalue weighted by molar-refractivity contribution is 6.30. The van der Waals surface area contributed by atoms with Crippen molar-refractivity contribution in [2.75, 3.05) is 20.8 Å². The maximum absolute atomic E-state index is 12.4. The molecule has 9 heteroatoms. The molecule has 0 spiro atoms. The zero-order valence-corrected chi connectivity index (χ0v) is 18.2. The highest BCUT2D eigenvalue weighted by Gasteiger charge is 2.21. The van der Waals surface area contributed by atoms with Crippen LogP contribution in [0.5, 0.6) is 11.5 Å². The summed E-state index contributed by atoms with van der Waals surface area (Å²) in [5.74, 6) is 0.829. The zero-order valence-electron chi connectivity index (χ0n) is 17.4. The molecule has 2 rings (SSSR count). The van der Waals surface area contributed by atoms with Crippen LogP contribution >= 0.6 is 11.6 Å². The molecule has 30 heavy (non-hydrogen) atoms. The van der Waals surface area contributed by atoms with Crippen LogP contribution in [-0.2, 0) is 6.42 Å². The van der Waals surface area contributed by atoms with Crippen LogP contribution in [0.4, 0.5) is 10.5 Å². The number of amides is 2. The lowest BCUT2D eigenvalue weighted by molar-refractivity contribution is -0.385. The molecule has 0 saturated carbocycles. The summed E-state index contributed by atoms with van der Waals surface area (Å²) in [4.78, 5) is 23.3. The lowest BCUT2D eigenvalue weighted by Crippen LogP contribution is -2.40. The summed E-state index contributed by atoms with van der Waals surface area (Å²) in [6, 6.07) is 9.64. The second kappa shape index (κ2) is 10.7. The monoisotopic (exact) mass is 435 g/mol. The van der Waals surface area contributed by atoms with Crippen molar-refractivity contribution in [3.05, 3.63) is 62.7 Å². The summed E-state index contributed by atoms with van der Waals surface area (Å²) in [6.45, 7) is 4.23. The van der Waals surface area contributed by atoms with Gasteiger partial charge in [0.15, 0.2) is 11.5 Å². The highest BCUT2D eigenvalue weighted by Crippen LogP contribution is 2.34. The van der Waals surface area contributed by atoms with Gasteiger partial charge in [0.25, 0.3) is 5.69 Å². The molecule has 0 saturated heterocycles. The molecular formula is C21H26ClN3O5. The smallest absolute Gasteiger partial charge is 0.315 e. The van der Waals surface area contributed by atoms with Crippen LogP contribution in [0.1, 0.15) is 31.0 Å². The predicted molar refractivity (Wildman–Crippen MR) is 115 cm³/mol. The Labute approximate surface area is 180 Å². The van der Waals surface area contributed by atoms with Gasteiger partial charge in [0, 0.05) is 17.1 Å². The number of benzene rings is 2. The molecule has 0 aliphatic heterocycles. The highest BCUT2D eigenvalue weighted by atomic mass is 35.5. The van der Waals surface area contributed by atoms with E-state index in [1.54, 1.807) is 18.2 Å². The number of carbonyl (C=O) groups is 1. The third kappa shape index (κ3) is 6.00. The average molecular weight is 436 g/mol. The molecule has 2 aromatic rings. The lowest BCUT2D eigenvalue weighted by atomic mass is 9.96. The Balaban J connectivity index is 2.04. The molecule has 0 bridgehead atoms. The maximum Gasteiger partial charge on any atom is 0.315 e. The molecule has 2 aromatic carbocycles. The van der Waals surface area contributed by atoms with Gasteiger partial charge in [-0.05, 0) is 36.1 Å². The third-order valence-electron chi connectivity index (χ3n) is 4.64. The second-order valence-corrected chi connectivity index (χ2v) is 7.45. The molecule has 1 atom stereocenters. The standard InChI is InChI=1S/C21H26ClN3O5/c1-13(2)20(14-5-7-16(22)8-6-14)24-21(26)23-10-9-15-11-18(29-3)19(30-4)12-17(15)25(27)28/h5-8,11-13,20H,9-10H2,1-4H3,(H2,23,24,26). The summed E-state index contributed by atoms with van der Waals surface area (Å²) in [5, 5.41) is 17.7. The van der Waals surface area contributed by atoms with E-state index in [2.05, 4.69) is 10.6 Å². The Bertz CT molecular complexity index is 887. The molecule has 8 nitrogen and oxygen atoms in total. The van der Waals surface area contributed by atoms with Crippen molar-refractivity contribution in [2.45, 2.75) is 26.3 Å². The van der Waals surface area contributed by atoms with Crippen LogP contribution in [0.3, 0.4) is 0 Å². The molecule has 0 aliphatic rings. The number of carbonyl (C=O) groups excluding carboxylic acids is 1. The topological polar surface area (TPSA) is 103 Å². The van der Waals surface area contributed by atoms with E-state index in [1.165, 1.54) is 20.3 Å². The van der Waals surface area contributed by atoms with E-state index in [9.17, 15) is 14.9 Å². The van der Waals surface area contributed by atoms with Crippen molar-refractivity contribution in [3.63, 3.8) is 0 Å². The molecular weight excluding hydrogens is 410 g/mol. The molecule has 0 fully saturated rings. The quantitative estimate of drug-likeness (QED) is 0.445. The number of nitro groups is 1. The molecule has 1 unspecified atom stereocenters. The van der Waals surface area contributed by atoms with Crippen LogP contribution in [0.2, 0.25) is 5.02 Å². The Morgan fingerprint density at radius 3 is 2.27 bits per heavy atom. The number of halogens is 1. The summed E-state index contributed by atoms with van der Waals surface area (Å²) >= 11 is 5.94. The normalized spacial score (nSPS) is 11.7. The van der Waals surface area contributed by atoms with Crippen LogP contribution in [0.15, 0.2) is 36.4 Å². The van der Waals surface area contributed by atoms with E-state index in [0.29, 0.717) is 16.3 Å². The number of hydrogen-bond acceptors (Lipinski definition) is 5. The Kier molecular flexibility index (Phi) is 8.29. The molecule has 0 heterocycles. The molecule has 0 radical (unpaired) electrons. The number of nitrogens with one attached hydrogen (secondary N) is 2. The van der Waals surface area contributed by atoms with E-state index in [1.807, 2.05) is 26.0 Å². The van der Waals surface area contributed by atoms with Gasteiger partial charge in [0.05, 0.1) is 31.3 Å². The minimum Gasteiger partial charge on any atom is -0.493 e. The number of ether oxygens (including phenoxy) is 2. The number of nitro benzene ring substituents is 1. The second-order valence-electron chi connectivity index (χ2n) is 7.02.